The molecular formula is C10H13N3O4. The van der Waals surface area contributed by atoms with E-state index >= 15 is 0 Å². The van der Waals surface area contributed by atoms with Crippen molar-refractivity contribution >= 4 is 17.5 Å². The van der Waals surface area contributed by atoms with Gasteiger partial charge >= 0.3 is 11.8 Å². The van der Waals surface area contributed by atoms with Gasteiger partial charge in [-0.15, -0.1) is 0 Å². The number of ether oxygens (including phenoxy) is 1. The number of nitrogens with one attached hydrogen (secondary N) is 1. The first kappa shape index (κ1) is 12.9. The second kappa shape index (κ2) is 5.78. The molecule has 92 valence electrons. The summed E-state index contributed by atoms with van der Waals surface area (Å²) >= 11 is 0. The molecule has 0 aliphatic rings. The predicted molar refractivity (Wildman–Crippen MR) is 60.6 cm³/mol. The van der Waals surface area contributed by atoms with E-state index in [4.69, 9.17) is 0 Å². The molecule has 0 aromatic carbocycles. The number of pyridine rings is 1. The molecule has 0 radical (unpaired) electrons. The van der Waals surface area contributed by atoms with E-state index in [0.717, 1.165) is 0 Å². The topological polar surface area (TPSA) is 94.4 Å². The van der Waals surface area contributed by atoms with Crippen molar-refractivity contribution in [1.29, 1.82) is 0 Å². The van der Waals surface area contributed by atoms with Crippen LogP contribution in [0, 0.1) is 10.1 Å². The number of carbonyl (C=O) groups is 1. The van der Waals surface area contributed by atoms with Crippen LogP contribution in [-0.2, 0) is 9.53 Å². The van der Waals surface area contributed by atoms with Crippen LogP contribution < -0.4 is 5.32 Å². The maximum Gasteiger partial charge on any atom is 0.386 e. The lowest BCUT2D eigenvalue weighted by Crippen LogP contribution is -2.30. The van der Waals surface area contributed by atoms with Crippen molar-refractivity contribution in [3.8, 4) is 0 Å². The van der Waals surface area contributed by atoms with Gasteiger partial charge in [0.1, 0.15) is 17.9 Å². The number of hydrogen-bond donors (Lipinski definition) is 1. The van der Waals surface area contributed by atoms with Crippen LogP contribution in [0.15, 0.2) is 18.3 Å². The third-order valence-electron chi connectivity index (χ3n) is 2.18. The van der Waals surface area contributed by atoms with Gasteiger partial charge in [-0.2, -0.15) is 0 Å². The number of nitro groups is 1. The Balaban J connectivity index is 2.93. The van der Waals surface area contributed by atoms with Crippen molar-refractivity contribution in [1.82, 2.24) is 4.98 Å². The SMILES string of the molecule is CCC(Nc1cccnc1[N+](=O)[O-])C(=O)OC. The van der Waals surface area contributed by atoms with Crippen molar-refractivity contribution < 1.29 is 14.5 Å². The standard InChI is InChI=1S/C10H13N3O4/c1-3-7(10(14)17-2)12-8-5-4-6-11-9(8)13(15)16/h4-7,12H,3H2,1-2H3. The molecule has 1 unspecified atom stereocenters. The summed E-state index contributed by atoms with van der Waals surface area (Å²) in [7, 11) is 1.27. The van der Waals surface area contributed by atoms with E-state index in [9.17, 15) is 14.9 Å². The fourth-order valence-corrected chi connectivity index (χ4v) is 1.31. The first-order valence-electron chi connectivity index (χ1n) is 5.04. The Hall–Kier alpha value is -2.18. The molecule has 0 spiro atoms. The summed E-state index contributed by atoms with van der Waals surface area (Å²) in [5.41, 5.74) is 0.203. The van der Waals surface area contributed by atoms with Gasteiger partial charge < -0.3 is 20.2 Å². The van der Waals surface area contributed by atoms with Crippen molar-refractivity contribution in [2.45, 2.75) is 19.4 Å². The van der Waals surface area contributed by atoms with E-state index in [0.29, 0.717) is 6.42 Å². The molecule has 0 aliphatic carbocycles. The summed E-state index contributed by atoms with van der Waals surface area (Å²) < 4.78 is 4.58. The minimum Gasteiger partial charge on any atom is -0.467 e. The number of aromatic nitrogens is 1. The lowest BCUT2D eigenvalue weighted by Gasteiger charge is -2.15. The summed E-state index contributed by atoms with van der Waals surface area (Å²) in [4.78, 5) is 25.1. The first-order chi connectivity index (χ1) is 8.10. The summed E-state index contributed by atoms with van der Waals surface area (Å²) in [5, 5.41) is 13.5. The van der Waals surface area contributed by atoms with E-state index in [-0.39, 0.29) is 11.5 Å². The highest BCUT2D eigenvalue weighted by molar-refractivity contribution is 5.80. The van der Waals surface area contributed by atoms with Gasteiger partial charge in [0, 0.05) is 0 Å². The summed E-state index contributed by atoms with van der Waals surface area (Å²) in [6.07, 6.45) is 1.78. The predicted octanol–water partition coefficient (Wildman–Crippen LogP) is 1.35. The second-order valence-electron chi connectivity index (χ2n) is 3.26. The zero-order chi connectivity index (χ0) is 12.8. The van der Waals surface area contributed by atoms with E-state index in [1.54, 1.807) is 13.0 Å². The highest BCUT2D eigenvalue weighted by Gasteiger charge is 2.21. The van der Waals surface area contributed by atoms with Crippen molar-refractivity contribution in [2.75, 3.05) is 12.4 Å². The lowest BCUT2D eigenvalue weighted by atomic mass is 10.2. The Morgan fingerprint density at radius 3 is 2.94 bits per heavy atom. The van der Waals surface area contributed by atoms with Crippen LogP contribution in [0.3, 0.4) is 0 Å². The van der Waals surface area contributed by atoms with Gasteiger partial charge in [-0.25, -0.2) is 4.79 Å². The number of anilines is 1. The van der Waals surface area contributed by atoms with Gasteiger partial charge in [-0.05, 0) is 28.5 Å². The van der Waals surface area contributed by atoms with Crippen LogP contribution in [0.4, 0.5) is 11.5 Å². The molecule has 0 amide bonds. The van der Waals surface area contributed by atoms with Gasteiger partial charge in [0.25, 0.3) is 0 Å². The highest BCUT2D eigenvalue weighted by atomic mass is 16.6. The fraction of sp³-hybridized carbons (Fsp3) is 0.400. The van der Waals surface area contributed by atoms with Crippen LogP contribution in [0.5, 0.6) is 0 Å². The fourth-order valence-electron chi connectivity index (χ4n) is 1.31. The largest absolute Gasteiger partial charge is 0.467 e. The van der Waals surface area contributed by atoms with Crippen LogP contribution in [0.2, 0.25) is 0 Å². The normalized spacial score (nSPS) is 11.6. The number of carbonyl (C=O) groups excluding carboxylic acids is 1. The molecule has 1 atom stereocenters. The number of methoxy groups -OCH3 is 1. The highest BCUT2D eigenvalue weighted by Crippen LogP contribution is 2.21. The van der Waals surface area contributed by atoms with Crippen molar-refractivity contribution in [3.63, 3.8) is 0 Å². The van der Waals surface area contributed by atoms with Gasteiger partial charge in [0.15, 0.2) is 0 Å². The Labute approximate surface area is 98.0 Å². The molecule has 1 aromatic rings. The monoisotopic (exact) mass is 239 g/mol. The third kappa shape index (κ3) is 3.13. The molecule has 0 saturated carbocycles. The molecular weight excluding hydrogens is 226 g/mol. The minimum absolute atomic E-state index is 0.203. The van der Waals surface area contributed by atoms with E-state index in [2.05, 4.69) is 15.0 Å². The average molecular weight is 239 g/mol. The molecule has 1 rings (SSSR count). The van der Waals surface area contributed by atoms with Gasteiger partial charge in [-0.3, -0.25) is 0 Å². The molecule has 0 saturated heterocycles. The number of rotatable bonds is 5. The number of hydrogen-bond acceptors (Lipinski definition) is 6. The van der Waals surface area contributed by atoms with Gasteiger partial charge in [0.2, 0.25) is 0 Å². The molecule has 7 heteroatoms. The van der Waals surface area contributed by atoms with Crippen LogP contribution in [-0.4, -0.2) is 29.0 Å². The molecule has 0 bridgehead atoms. The van der Waals surface area contributed by atoms with Gasteiger partial charge in [0.05, 0.1) is 7.11 Å². The van der Waals surface area contributed by atoms with E-state index in [1.165, 1.54) is 19.4 Å². The number of esters is 1. The second-order valence-corrected chi connectivity index (χ2v) is 3.26. The Kier molecular flexibility index (Phi) is 4.38. The maximum atomic E-state index is 11.4. The molecule has 7 nitrogen and oxygen atoms in total. The molecule has 1 heterocycles. The maximum absolute atomic E-state index is 11.4. The molecule has 1 N–H and O–H groups in total. The van der Waals surface area contributed by atoms with Crippen molar-refractivity contribution in [2.24, 2.45) is 0 Å². The Morgan fingerprint density at radius 2 is 2.41 bits per heavy atom. The van der Waals surface area contributed by atoms with Crippen molar-refractivity contribution in [3.05, 3.63) is 28.4 Å². The van der Waals surface area contributed by atoms with Crippen LogP contribution in [0.25, 0.3) is 0 Å². The lowest BCUT2D eigenvalue weighted by molar-refractivity contribution is -0.388. The quantitative estimate of drug-likeness (QED) is 0.473. The Bertz CT molecular complexity index is 422. The first-order valence-corrected chi connectivity index (χ1v) is 5.04. The van der Waals surface area contributed by atoms with Gasteiger partial charge in [-0.1, -0.05) is 6.92 Å². The summed E-state index contributed by atoms with van der Waals surface area (Å²) in [6.45, 7) is 1.77. The molecule has 17 heavy (non-hydrogen) atoms. The molecule has 0 aliphatic heterocycles. The van der Waals surface area contributed by atoms with Crippen LogP contribution >= 0.6 is 0 Å². The molecule has 0 fully saturated rings. The molecule has 1 aromatic heterocycles. The van der Waals surface area contributed by atoms with E-state index in [1.807, 2.05) is 0 Å². The van der Waals surface area contributed by atoms with E-state index < -0.39 is 16.9 Å². The average Bonchev–Trinajstić information content (AvgIpc) is 2.35. The minimum atomic E-state index is -0.622. The third-order valence-corrected chi connectivity index (χ3v) is 2.18. The zero-order valence-electron chi connectivity index (χ0n) is 9.54. The van der Waals surface area contributed by atoms with Crippen LogP contribution in [0.1, 0.15) is 13.3 Å². The number of nitrogens with zero attached hydrogens (tertiary/aromatic N) is 2. The summed E-state index contributed by atoms with van der Waals surface area (Å²) in [6, 6.07) is 2.43. The smallest absolute Gasteiger partial charge is 0.386 e. The zero-order valence-corrected chi connectivity index (χ0v) is 9.54. The summed E-state index contributed by atoms with van der Waals surface area (Å²) in [5.74, 6) is -0.777. The Morgan fingerprint density at radius 1 is 1.71 bits per heavy atom.